The first-order valence-electron chi connectivity index (χ1n) is 11.5. The van der Waals surface area contributed by atoms with Crippen LogP contribution in [0, 0.1) is 32.8 Å². The third-order valence-corrected chi connectivity index (χ3v) is 9.34. The Morgan fingerprint density at radius 3 is 2.59 bits per heavy atom. The number of ketones is 1. The van der Waals surface area contributed by atoms with Crippen molar-refractivity contribution in [2.75, 3.05) is 7.05 Å². The Morgan fingerprint density at radius 1 is 1.22 bits per heavy atom. The standard InChI is InChI=1S/C24H31N3O5/c1-12-6-7-18-22(2,3)20(28)16(25-5)10-24(18)23(12,4)9-14-17(27(30)31)8-13-15(19(14)32-24)11-26-21(13)29/h8,12,16,18,25H,6-7,9-11H2,1-5H3,(H,26,29)/t12-,16-,18-,23?,24-/m0/s1. The van der Waals surface area contributed by atoms with E-state index in [1.54, 1.807) is 7.05 Å². The van der Waals surface area contributed by atoms with Crippen LogP contribution in [0.3, 0.4) is 0 Å². The van der Waals surface area contributed by atoms with E-state index in [9.17, 15) is 19.7 Å². The number of carbonyl (C=O) groups is 2. The van der Waals surface area contributed by atoms with Crippen LogP contribution in [-0.4, -0.2) is 35.3 Å². The van der Waals surface area contributed by atoms with E-state index in [0.717, 1.165) is 12.8 Å². The van der Waals surface area contributed by atoms with E-state index in [0.29, 0.717) is 41.8 Å². The summed E-state index contributed by atoms with van der Waals surface area (Å²) < 4.78 is 7.01. The molecule has 1 aromatic rings. The molecule has 0 radical (unpaired) electrons. The van der Waals surface area contributed by atoms with Crippen molar-refractivity contribution in [3.8, 4) is 5.75 Å². The number of nitrogens with one attached hydrogen (secondary N) is 2. The highest BCUT2D eigenvalue weighted by Gasteiger charge is 2.70. The first kappa shape index (κ1) is 21.4. The molecule has 2 saturated carbocycles. The molecule has 8 heteroatoms. The molecule has 0 bridgehead atoms. The van der Waals surface area contributed by atoms with Gasteiger partial charge < -0.3 is 15.4 Å². The quantitative estimate of drug-likeness (QED) is 0.539. The second-order valence-electron chi connectivity index (χ2n) is 10.9. The number of carbonyl (C=O) groups excluding carboxylic acids is 2. The zero-order valence-corrected chi connectivity index (χ0v) is 19.3. The predicted molar refractivity (Wildman–Crippen MR) is 118 cm³/mol. The minimum absolute atomic E-state index is 0.0126. The van der Waals surface area contributed by atoms with Crippen molar-refractivity contribution in [3.05, 3.63) is 32.9 Å². The van der Waals surface area contributed by atoms with E-state index in [-0.39, 0.29) is 40.7 Å². The fraction of sp³-hybridized carbons (Fsp3) is 0.667. The Hall–Kier alpha value is -2.48. The SMILES string of the molecule is CN[C@H]1C[C@@]23Oc4c5c(cc([N+](=O)[O-])c4CC2(C)[C@@H](C)CC[C@H]3C(C)(C)C1=O)C(=O)NC5. The Bertz CT molecular complexity index is 1070. The van der Waals surface area contributed by atoms with Gasteiger partial charge in [0.05, 0.1) is 22.1 Å². The van der Waals surface area contributed by atoms with Crippen molar-refractivity contribution in [3.63, 3.8) is 0 Å². The molecule has 1 amide bonds. The highest BCUT2D eigenvalue weighted by atomic mass is 16.6. The molecule has 2 heterocycles. The average Bonchev–Trinajstić information content (AvgIpc) is 3.10. The average molecular weight is 442 g/mol. The summed E-state index contributed by atoms with van der Waals surface area (Å²) in [6.45, 7) is 8.73. The maximum atomic E-state index is 13.3. The number of fused-ring (bicyclic) bond motifs is 3. The second kappa shape index (κ2) is 6.53. The van der Waals surface area contributed by atoms with Gasteiger partial charge in [0.15, 0.2) is 5.78 Å². The molecule has 1 unspecified atom stereocenters. The summed E-state index contributed by atoms with van der Waals surface area (Å²) >= 11 is 0. The summed E-state index contributed by atoms with van der Waals surface area (Å²) in [5.41, 5.74) is -0.0587. The van der Waals surface area contributed by atoms with Crippen LogP contribution in [0.5, 0.6) is 5.75 Å². The highest BCUT2D eigenvalue weighted by Crippen LogP contribution is 2.66. The molecule has 1 spiro atoms. The number of hydrogen-bond acceptors (Lipinski definition) is 6. The van der Waals surface area contributed by atoms with Crippen molar-refractivity contribution >= 4 is 17.4 Å². The number of Topliss-reactive ketones (excluding diaryl/α,β-unsaturated/α-hetero) is 1. The summed E-state index contributed by atoms with van der Waals surface area (Å²) in [4.78, 5) is 37.4. The molecule has 0 saturated heterocycles. The molecular weight excluding hydrogens is 410 g/mol. The van der Waals surface area contributed by atoms with Gasteiger partial charge in [0, 0.05) is 41.3 Å². The molecule has 172 valence electrons. The lowest BCUT2D eigenvalue weighted by Crippen LogP contribution is -2.73. The molecule has 4 aliphatic rings. The molecule has 8 nitrogen and oxygen atoms in total. The molecule has 2 aliphatic heterocycles. The summed E-state index contributed by atoms with van der Waals surface area (Å²) in [5.74, 6) is 0.635. The monoisotopic (exact) mass is 441 g/mol. The second-order valence-corrected chi connectivity index (χ2v) is 10.9. The number of benzene rings is 1. The molecule has 5 atom stereocenters. The molecule has 2 aliphatic carbocycles. The van der Waals surface area contributed by atoms with Crippen LogP contribution in [0.2, 0.25) is 0 Å². The van der Waals surface area contributed by atoms with Crippen LogP contribution in [0.4, 0.5) is 5.69 Å². The zero-order valence-electron chi connectivity index (χ0n) is 19.3. The minimum Gasteiger partial charge on any atom is -0.485 e. The van der Waals surface area contributed by atoms with E-state index >= 15 is 0 Å². The number of amides is 1. The van der Waals surface area contributed by atoms with E-state index in [1.165, 1.54) is 6.07 Å². The van der Waals surface area contributed by atoms with Gasteiger partial charge in [0.25, 0.3) is 11.6 Å². The van der Waals surface area contributed by atoms with Crippen molar-refractivity contribution in [1.82, 2.24) is 10.6 Å². The smallest absolute Gasteiger partial charge is 0.277 e. The molecular formula is C24H31N3O5. The number of likely N-dealkylation sites (N-methyl/N-ethyl adjacent to an activating group) is 1. The summed E-state index contributed by atoms with van der Waals surface area (Å²) in [6.07, 6.45) is 2.84. The third kappa shape index (κ3) is 2.42. The van der Waals surface area contributed by atoms with Crippen molar-refractivity contribution in [2.45, 2.75) is 71.6 Å². The number of ether oxygens (including phenoxy) is 1. The number of nitro benzene ring substituents is 1. The highest BCUT2D eigenvalue weighted by molar-refractivity contribution is 6.00. The predicted octanol–water partition coefficient (Wildman–Crippen LogP) is 3.15. The lowest BCUT2D eigenvalue weighted by Gasteiger charge is -2.66. The van der Waals surface area contributed by atoms with Gasteiger partial charge in [-0.05, 0) is 32.2 Å². The van der Waals surface area contributed by atoms with Crippen molar-refractivity contribution in [2.24, 2.45) is 22.7 Å². The van der Waals surface area contributed by atoms with Crippen LogP contribution in [-0.2, 0) is 17.8 Å². The maximum absolute atomic E-state index is 13.3. The Kier molecular flexibility index (Phi) is 4.36. The third-order valence-electron chi connectivity index (χ3n) is 9.34. The summed E-state index contributed by atoms with van der Waals surface area (Å²) in [6, 6.07) is 1.07. The Labute approximate surface area is 187 Å². The normalized spacial score (nSPS) is 36.8. The molecule has 2 N–H and O–H groups in total. The van der Waals surface area contributed by atoms with Crippen LogP contribution in [0.15, 0.2) is 6.07 Å². The van der Waals surface area contributed by atoms with Gasteiger partial charge in [-0.3, -0.25) is 19.7 Å². The molecule has 0 aromatic heterocycles. The van der Waals surface area contributed by atoms with Crippen LogP contribution >= 0.6 is 0 Å². The first-order chi connectivity index (χ1) is 15.0. The Morgan fingerprint density at radius 2 is 1.94 bits per heavy atom. The van der Waals surface area contributed by atoms with E-state index in [2.05, 4.69) is 24.5 Å². The van der Waals surface area contributed by atoms with Crippen LogP contribution in [0.25, 0.3) is 0 Å². The number of nitro groups is 1. The van der Waals surface area contributed by atoms with Gasteiger partial charge in [0.1, 0.15) is 11.4 Å². The molecule has 2 fully saturated rings. The molecule has 5 rings (SSSR count). The lowest BCUT2D eigenvalue weighted by atomic mass is 9.43. The van der Waals surface area contributed by atoms with Crippen molar-refractivity contribution < 1.29 is 19.2 Å². The number of nitrogens with zero attached hydrogens (tertiary/aromatic N) is 1. The lowest BCUT2D eigenvalue weighted by molar-refractivity contribution is -0.386. The minimum atomic E-state index is -0.655. The summed E-state index contributed by atoms with van der Waals surface area (Å²) in [7, 11) is 1.81. The van der Waals surface area contributed by atoms with Crippen LogP contribution in [0.1, 0.15) is 68.4 Å². The molecule has 32 heavy (non-hydrogen) atoms. The Balaban J connectivity index is 1.78. The fourth-order valence-electron chi connectivity index (χ4n) is 7.29. The van der Waals surface area contributed by atoms with Gasteiger partial charge in [-0.15, -0.1) is 0 Å². The van der Waals surface area contributed by atoms with E-state index < -0.39 is 15.9 Å². The largest absolute Gasteiger partial charge is 0.485 e. The van der Waals surface area contributed by atoms with Crippen molar-refractivity contribution in [1.29, 1.82) is 0 Å². The number of rotatable bonds is 2. The van der Waals surface area contributed by atoms with E-state index in [4.69, 9.17) is 4.74 Å². The van der Waals surface area contributed by atoms with Gasteiger partial charge >= 0.3 is 0 Å². The van der Waals surface area contributed by atoms with Gasteiger partial charge in [-0.25, -0.2) is 0 Å². The van der Waals surface area contributed by atoms with Gasteiger partial charge in [0.2, 0.25) is 0 Å². The first-order valence-corrected chi connectivity index (χ1v) is 11.5. The zero-order chi connectivity index (χ0) is 23.2. The topological polar surface area (TPSA) is 111 Å². The molecule has 1 aromatic carbocycles. The number of hydrogen-bond donors (Lipinski definition) is 2. The fourth-order valence-corrected chi connectivity index (χ4v) is 7.29. The van der Waals surface area contributed by atoms with Crippen LogP contribution < -0.4 is 15.4 Å². The maximum Gasteiger partial charge on any atom is 0.277 e. The van der Waals surface area contributed by atoms with Gasteiger partial charge in [-0.1, -0.05) is 27.7 Å². The van der Waals surface area contributed by atoms with E-state index in [1.807, 2.05) is 13.8 Å². The van der Waals surface area contributed by atoms with Gasteiger partial charge in [-0.2, -0.15) is 0 Å². The summed E-state index contributed by atoms with van der Waals surface area (Å²) in [5, 5.41) is 18.0.